The highest BCUT2D eigenvalue weighted by Gasteiger charge is 2.33. The molecule has 2 unspecified atom stereocenters. The normalized spacial score (nSPS) is 17.8. The van der Waals surface area contributed by atoms with E-state index in [1.54, 1.807) is 6.26 Å². The first kappa shape index (κ1) is 47.2. The maximum Gasteiger partial charge on any atom is 0.141 e. The quantitative estimate of drug-likeness (QED) is 0.150. The van der Waals surface area contributed by atoms with Gasteiger partial charge in [0.15, 0.2) is 0 Å². The number of allylic oxidation sites excluding steroid dienone is 7. The molecule has 0 N–H and O–H groups in total. The second kappa shape index (κ2) is 17.1. The van der Waals surface area contributed by atoms with Crippen LogP contribution in [0.25, 0.3) is 11.1 Å². The van der Waals surface area contributed by atoms with E-state index < -0.39 is 10.8 Å². The van der Waals surface area contributed by atoms with Crippen LogP contribution in [0.15, 0.2) is 87.0 Å². The Morgan fingerprint density at radius 3 is 1.63 bits per heavy atom. The summed E-state index contributed by atoms with van der Waals surface area (Å²) in [6.07, 6.45) is 12.0. The Morgan fingerprint density at radius 2 is 1.19 bits per heavy atom. The molecule has 0 saturated carbocycles. The van der Waals surface area contributed by atoms with Crippen molar-refractivity contribution in [2.24, 2.45) is 5.92 Å². The highest BCUT2D eigenvalue weighted by molar-refractivity contribution is 8.18. The number of ketones is 1. The Hall–Kier alpha value is -2.86. The molecule has 3 aromatic carbocycles. The SMILES string of the molecule is CC1=C(CC(=O)Cc2c(C(C)(C)C)cc(SC(C)(C)Sc3cc(C(C)(C)C)c(C)c(C(C)(C)C)c3)cc2C(C)(C)C)c2cc(C)ccc2C1=CC1C=CC(S(C)=O)=CC1. The van der Waals surface area contributed by atoms with E-state index >= 15 is 0 Å². The fraction of sp³-hybridized carbons (Fsp3) is 0.500. The molecule has 0 aromatic heterocycles. The summed E-state index contributed by atoms with van der Waals surface area (Å²) >= 11 is 3.89. The molecule has 3 aromatic rings. The van der Waals surface area contributed by atoms with Crippen molar-refractivity contribution in [1.82, 2.24) is 0 Å². The standard InChI is InChI=1S/C54H72O2S3/c1-33-19-24-41-42(26-36-20-22-40(23-21-36)59(18)56)34(2)43(44(41)25-33)27-37(55)28-45-48(52(10,11)12)31-39(32-49(45)53(13,14)15)58-54(16,17)57-38-29-46(50(4,5)6)35(3)47(30-38)51(7,8)9/h19-20,22-26,29-32,36H,21,27-28H2,1-18H3. The average molecular weight is 849 g/mol. The molecule has 0 fully saturated rings. The van der Waals surface area contributed by atoms with Gasteiger partial charge < -0.3 is 0 Å². The van der Waals surface area contributed by atoms with Crippen molar-refractivity contribution in [1.29, 1.82) is 0 Å². The predicted molar refractivity (Wildman–Crippen MR) is 263 cm³/mol. The van der Waals surface area contributed by atoms with Crippen LogP contribution in [-0.4, -0.2) is 20.3 Å². The highest BCUT2D eigenvalue weighted by atomic mass is 32.2. The Morgan fingerprint density at radius 1 is 0.695 bits per heavy atom. The topological polar surface area (TPSA) is 34.1 Å². The van der Waals surface area contributed by atoms with Crippen molar-refractivity contribution in [3.63, 3.8) is 0 Å². The lowest BCUT2D eigenvalue weighted by atomic mass is 9.75. The van der Waals surface area contributed by atoms with E-state index in [2.05, 4.69) is 178 Å². The van der Waals surface area contributed by atoms with Gasteiger partial charge in [0.25, 0.3) is 0 Å². The summed E-state index contributed by atoms with van der Waals surface area (Å²) in [5.41, 5.74) is 14.9. The van der Waals surface area contributed by atoms with E-state index in [4.69, 9.17) is 0 Å². The molecule has 0 heterocycles. The number of thioether (sulfide) groups is 2. The number of carbonyl (C=O) groups is 1. The number of carbonyl (C=O) groups excluding carboxylic acids is 1. The minimum Gasteiger partial charge on any atom is -0.299 e. The van der Waals surface area contributed by atoms with Crippen LogP contribution < -0.4 is 0 Å². The van der Waals surface area contributed by atoms with Crippen LogP contribution in [-0.2, 0) is 43.7 Å². The number of Topliss-reactive ketones (excluding diaryl/α,β-unsaturated/α-hetero) is 1. The fourth-order valence-electron chi connectivity index (χ4n) is 8.90. The molecule has 0 bridgehead atoms. The van der Waals surface area contributed by atoms with Gasteiger partial charge in [-0.3, -0.25) is 9.00 Å². The van der Waals surface area contributed by atoms with E-state index in [0.29, 0.717) is 12.8 Å². The molecule has 2 atom stereocenters. The van der Waals surface area contributed by atoms with Gasteiger partial charge in [-0.25, -0.2) is 0 Å². The summed E-state index contributed by atoms with van der Waals surface area (Å²) in [6, 6.07) is 16.3. The molecular formula is C54H72O2S3. The van der Waals surface area contributed by atoms with Gasteiger partial charge >= 0.3 is 0 Å². The Labute approximate surface area is 370 Å². The molecule has 0 amide bonds. The van der Waals surface area contributed by atoms with Crippen LogP contribution in [0.1, 0.15) is 167 Å². The maximum absolute atomic E-state index is 14.6. The van der Waals surface area contributed by atoms with E-state index in [1.165, 1.54) is 71.0 Å². The zero-order chi connectivity index (χ0) is 44.2. The number of rotatable bonds is 10. The van der Waals surface area contributed by atoms with Crippen molar-refractivity contribution in [2.75, 3.05) is 6.26 Å². The van der Waals surface area contributed by atoms with Gasteiger partial charge in [0.1, 0.15) is 5.78 Å². The van der Waals surface area contributed by atoms with E-state index in [-0.39, 0.29) is 37.4 Å². The summed E-state index contributed by atoms with van der Waals surface area (Å²) in [6.45, 7) is 39.0. The average Bonchev–Trinajstić information content (AvgIpc) is 3.32. The minimum absolute atomic E-state index is 0.0520. The van der Waals surface area contributed by atoms with Crippen LogP contribution in [0.2, 0.25) is 0 Å². The van der Waals surface area contributed by atoms with Gasteiger partial charge in [0.2, 0.25) is 0 Å². The molecular weight excluding hydrogens is 777 g/mol. The van der Waals surface area contributed by atoms with Crippen LogP contribution >= 0.6 is 23.5 Å². The third-order valence-electron chi connectivity index (χ3n) is 11.8. The molecule has 2 aliphatic carbocycles. The second-order valence-corrected chi connectivity index (χ2v) is 26.7. The van der Waals surface area contributed by atoms with Crippen molar-refractivity contribution in [2.45, 2.75) is 172 Å². The molecule has 5 heteroatoms. The van der Waals surface area contributed by atoms with Crippen molar-refractivity contribution in [3.8, 4) is 0 Å². The van der Waals surface area contributed by atoms with Gasteiger partial charge in [0, 0.05) is 44.6 Å². The summed E-state index contributed by atoms with van der Waals surface area (Å²) in [4.78, 5) is 18.1. The zero-order valence-electron chi connectivity index (χ0n) is 39.6. The van der Waals surface area contributed by atoms with Crippen LogP contribution in [0.4, 0.5) is 0 Å². The van der Waals surface area contributed by atoms with E-state index in [0.717, 1.165) is 16.9 Å². The molecule has 0 spiro atoms. The number of hydrogen-bond donors (Lipinski definition) is 0. The Balaban J connectivity index is 1.50. The monoisotopic (exact) mass is 848 g/mol. The molecule has 59 heavy (non-hydrogen) atoms. The summed E-state index contributed by atoms with van der Waals surface area (Å²) in [7, 11) is -0.978. The molecule has 5 rings (SSSR count). The highest BCUT2D eigenvalue weighted by Crippen LogP contribution is 2.50. The molecule has 0 saturated heterocycles. The van der Waals surface area contributed by atoms with Gasteiger partial charge in [-0.2, -0.15) is 0 Å². The molecule has 318 valence electrons. The van der Waals surface area contributed by atoms with Crippen LogP contribution in [0, 0.1) is 19.8 Å². The maximum atomic E-state index is 14.6. The Kier molecular flexibility index (Phi) is 13.7. The van der Waals surface area contributed by atoms with Gasteiger partial charge in [-0.15, -0.1) is 23.5 Å². The number of aryl methyl sites for hydroxylation is 1. The lowest BCUT2D eigenvalue weighted by Gasteiger charge is -2.33. The lowest BCUT2D eigenvalue weighted by molar-refractivity contribution is -0.117. The molecule has 0 radical (unpaired) electrons. The van der Waals surface area contributed by atoms with Gasteiger partial charge in [-0.05, 0) is 160 Å². The number of fused-ring (bicyclic) bond motifs is 1. The first-order valence-corrected chi connectivity index (χ1v) is 24.6. The van der Waals surface area contributed by atoms with Gasteiger partial charge in [-0.1, -0.05) is 125 Å². The Bertz CT molecular complexity index is 2210. The minimum atomic E-state index is -0.978. The number of benzene rings is 3. The molecule has 2 nitrogen and oxygen atoms in total. The number of hydrogen-bond acceptors (Lipinski definition) is 4. The summed E-state index contributed by atoms with van der Waals surface area (Å²) in [5.74, 6) is 0.471. The lowest BCUT2D eigenvalue weighted by Crippen LogP contribution is -2.23. The first-order valence-electron chi connectivity index (χ1n) is 21.4. The summed E-state index contributed by atoms with van der Waals surface area (Å²) in [5, 5.41) is 0. The largest absolute Gasteiger partial charge is 0.299 e. The van der Waals surface area contributed by atoms with Crippen LogP contribution in [0.3, 0.4) is 0 Å². The molecule has 2 aliphatic rings. The molecule has 0 aliphatic heterocycles. The van der Waals surface area contributed by atoms with Crippen molar-refractivity contribution < 1.29 is 9.00 Å². The first-order chi connectivity index (χ1) is 27.0. The fourth-order valence-corrected chi connectivity index (χ4v) is 12.1. The third-order valence-corrected chi connectivity index (χ3v) is 15.2. The van der Waals surface area contributed by atoms with Crippen molar-refractivity contribution in [3.05, 3.63) is 127 Å². The smallest absolute Gasteiger partial charge is 0.141 e. The van der Waals surface area contributed by atoms with Gasteiger partial charge in [0.05, 0.1) is 4.08 Å². The second-order valence-electron chi connectivity index (χ2n) is 21.7. The van der Waals surface area contributed by atoms with E-state index in [9.17, 15) is 9.00 Å². The predicted octanol–water partition coefficient (Wildman–Crippen LogP) is 15.3. The van der Waals surface area contributed by atoms with E-state index in [1.807, 2.05) is 29.6 Å². The zero-order valence-corrected chi connectivity index (χ0v) is 42.0. The van der Waals surface area contributed by atoms with Crippen LogP contribution in [0.5, 0.6) is 0 Å². The summed E-state index contributed by atoms with van der Waals surface area (Å²) < 4.78 is 11.9. The third kappa shape index (κ3) is 11.2. The van der Waals surface area contributed by atoms with Crippen molar-refractivity contribution >= 4 is 51.3 Å².